The second kappa shape index (κ2) is 10.5. The summed E-state index contributed by atoms with van der Waals surface area (Å²) in [6.07, 6.45) is 3.51. The summed E-state index contributed by atoms with van der Waals surface area (Å²) in [4.78, 5) is 9.13. The van der Waals surface area contributed by atoms with Gasteiger partial charge in [0.25, 0.3) is 0 Å². The minimum atomic E-state index is -0.786. The van der Waals surface area contributed by atoms with Crippen LogP contribution in [0.5, 0.6) is 0 Å². The molecular formula is C23H40N4O. The number of β-amino-alcohol motifs (C(OH)–C–C–N with tert-alkyl or cyclic N) is 1. The Kier molecular flexibility index (Phi) is 9.02. The lowest BCUT2D eigenvalue weighted by Gasteiger charge is -2.35. The van der Waals surface area contributed by atoms with Crippen LogP contribution >= 0.6 is 0 Å². The SMILES string of the molecule is CC.CC.CCCCC1N(C)c2c(N)nc3ccccc3c2N1CC(C)(C)O. The maximum Gasteiger partial charge on any atom is 0.149 e. The first-order valence-corrected chi connectivity index (χ1v) is 10.7. The fraction of sp³-hybridized carbons (Fsp3) is 0.609. The van der Waals surface area contributed by atoms with Crippen LogP contribution in [0, 0.1) is 0 Å². The van der Waals surface area contributed by atoms with Crippen LogP contribution in [0.15, 0.2) is 24.3 Å². The molecule has 5 nitrogen and oxygen atoms in total. The molecule has 1 atom stereocenters. The molecule has 0 bridgehead atoms. The number of unbranched alkanes of at least 4 members (excludes halogenated alkanes) is 1. The van der Waals surface area contributed by atoms with Crippen molar-refractivity contribution in [2.75, 3.05) is 29.1 Å². The van der Waals surface area contributed by atoms with Crippen molar-refractivity contribution in [1.82, 2.24) is 4.98 Å². The van der Waals surface area contributed by atoms with Gasteiger partial charge in [0.2, 0.25) is 0 Å². The molecule has 5 heteroatoms. The molecule has 0 fully saturated rings. The molecule has 0 radical (unpaired) electrons. The normalized spacial score (nSPS) is 15.5. The van der Waals surface area contributed by atoms with Crippen LogP contribution in [0.1, 0.15) is 67.7 Å². The molecule has 1 unspecified atom stereocenters. The summed E-state index contributed by atoms with van der Waals surface area (Å²) in [6, 6.07) is 8.10. The average Bonchev–Trinajstić information content (AvgIpc) is 2.94. The first kappa shape index (κ1) is 24.0. The molecule has 3 N–H and O–H groups in total. The van der Waals surface area contributed by atoms with E-state index in [9.17, 15) is 5.11 Å². The highest BCUT2D eigenvalue weighted by Crippen LogP contribution is 2.47. The quantitative estimate of drug-likeness (QED) is 0.716. The fourth-order valence-corrected chi connectivity index (χ4v) is 3.69. The maximum absolute atomic E-state index is 10.5. The number of hydrogen-bond acceptors (Lipinski definition) is 5. The molecular weight excluding hydrogens is 348 g/mol. The van der Waals surface area contributed by atoms with Crippen molar-refractivity contribution in [3.63, 3.8) is 0 Å². The predicted octanol–water partition coefficient (Wildman–Crippen LogP) is 5.41. The zero-order valence-corrected chi connectivity index (χ0v) is 19.1. The van der Waals surface area contributed by atoms with Gasteiger partial charge in [-0.1, -0.05) is 59.2 Å². The van der Waals surface area contributed by atoms with Crippen LogP contribution in [0.2, 0.25) is 0 Å². The van der Waals surface area contributed by atoms with Crippen molar-refractivity contribution in [2.45, 2.75) is 79.5 Å². The van der Waals surface area contributed by atoms with Crippen molar-refractivity contribution in [1.29, 1.82) is 0 Å². The number of anilines is 3. The summed E-state index contributed by atoms with van der Waals surface area (Å²) in [5.41, 5.74) is 8.51. The first-order valence-electron chi connectivity index (χ1n) is 10.7. The first-order chi connectivity index (χ1) is 13.3. The van der Waals surface area contributed by atoms with E-state index in [0.717, 1.165) is 41.5 Å². The van der Waals surface area contributed by atoms with Gasteiger partial charge in [-0.05, 0) is 32.8 Å². The summed E-state index contributed by atoms with van der Waals surface area (Å²) >= 11 is 0. The highest BCUT2D eigenvalue weighted by molar-refractivity contribution is 6.04. The Morgan fingerprint density at radius 2 is 1.71 bits per heavy atom. The van der Waals surface area contributed by atoms with Gasteiger partial charge in [0.15, 0.2) is 0 Å². The monoisotopic (exact) mass is 388 g/mol. The van der Waals surface area contributed by atoms with E-state index in [4.69, 9.17) is 5.73 Å². The molecule has 1 aromatic heterocycles. The van der Waals surface area contributed by atoms with E-state index in [1.165, 1.54) is 0 Å². The van der Waals surface area contributed by atoms with Crippen LogP contribution in [0.3, 0.4) is 0 Å². The molecule has 1 aliphatic rings. The van der Waals surface area contributed by atoms with Gasteiger partial charge in [0.1, 0.15) is 17.7 Å². The van der Waals surface area contributed by atoms with Crippen molar-refractivity contribution in [3.8, 4) is 0 Å². The van der Waals surface area contributed by atoms with Crippen molar-refractivity contribution >= 4 is 28.1 Å². The van der Waals surface area contributed by atoms with E-state index in [2.05, 4.69) is 34.8 Å². The summed E-state index contributed by atoms with van der Waals surface area (Å²) in [5, 5.41) is 11.6. The largest absolute Gasteiger partial charge is 0.389 e. The van der Waals surface area contributed by atoms with Crippen LogP contribution in [-0.2, 0) is 0 Å². The Labute approximate surface area is 171 Å². The van der Waals surface area contributed by atoms with Gasteiger partial charge < -0.3 is 20.6 Å². The standard InChI is InChI=1S/C19H28N4O.2C2H6/c1-5-6-11-15-22(4)17-16(23(15)12-19(2,3)24)13-9-7-8-10-14(13)21-18(17)20;2*1-2/h7-10,15,24H,5-6,11-12H2,1-4H3,(H2,20,21);2*1-2H3. The molecule has 158 valence electrons. The molecule has 0 saturated carbocycles. The third-order valence-electron chi connectivity index (χ3n) is 4.69. The minimum Gasteiger partial charge on any atom is -0.389 e. The number of pyridine rings is 1. The third kappa shape index (κ3) is 5.07. The van der Waals surface area contributed by atoms with E-state index in [-0.39, 0.29) is 6.17 Å². The van der Waals surface area contributed by atoms with Crippen LogP contribution < -0.4 is 15.5 Å². The Hall–Kier alpha value is -2.01. The van der Waals surface area contributed by atoms with Crippen LogP contribution in [-0.4, -0.2) is 35.4 Å². The molecule has 2 heterocycles. The fourth-order valence-electron chi connectivity index (χ4n) is 3.69. The van der Waals surface area contributed by atoms with E-state index in [1.54, 1.807) is 0 Å². The zero-order valence-electron chi connectivity index (χ0n) is 19.1. The molecule has 0 spiro atoms. The lowest BCUT2D eigenvalue weighted by molar-refractivity contribution is 0.0855. The molecule has 1 aromatic carbocycles. The maximum atomic E-state index is 10.5. The van der Waals surface area contributed by atoms with E-state index >= 15 is 0 Å². The second-order valence-corrected chi connectivity index (χ2v) is 7.39. The van der Waals surface area contributed by atoms with Gasteiger partial charge in [-0.15, -0.1) is 0 Å². The predicted molar refractivity (Wildman–Crippen MR) is 124 cm³/mol. The number of rotatable bonds is 5. The summed E-state index contributed by atoms with van der Waals surface area (Å²) in [6.45, 7) is 14.5. The number of fused-ring (bicyclic) bond motifs is 3. The van der Waals surface area contributed by atoms with Crippen molar-refractivity contribution < 1.29 is 5.11 Å². The van der Waals surface area contributed by atoms with Gasteiger partial charge in [0, 0.05) is 19.0 Å². The molecule has 0 aliphatic carbocycles. The summed E-state index contributed by atoms with van der Waals surface area (Å²) in [7, 11) is 2.08. The lowest BCUT2D eigenvalue weighted by Crippen LogP contribution is -2.47. The van der Waals surface area contributed by atoms with E-state index < -0.39 is 5.60 Å². The van der Waals surface area contributed by atoms with Crippen LogP contribution in [0.4, 0.5) is 17.2 Å². The number of aliphatic hydroxyl groups is 1. The smallest absolute Gasteiger partial charge is 0.149 e. The lowest BCUT2D eigenvalue weighted by atomic mass is 10.1. The Morgan fingerprint density at radius 1 is 1.11 bits per heavy atom. The number of benzene rings is 1. The molecule has 3 rings (SSSR count). The van der Waals surface area contributed by atoms with Gasteiger partial charge in [-0.3, -0.25) is 0 Å². The zero-order chi connectivity index (χ0) is 21.5. The third-order valence-corrected chi connectivity index (χ3v) is 4.69. The number of para-hydroxylation sites is 1. The van der Waals surface area contributed by atoms with E-state index in [1.807, 2.05) is 59.7 Å². The molecule has 2 aromatic rings. The number of nitrogens with zero attached hydrogens (tertiary/aromatic N) is 3. The summed E-state index contributed by atoms with van der Waals surface area (Å²) < 4.78 is 0. The van der Waals surface area contributed by atoms with Gasteiger partial charge in [-0.2, -0.15) is 0 Å². The minimum absolute atomic E-state index is 0.196. The summed E-state index contributed by atoms with van der Waals surface area (Å²) in [5.74, 6) is 0.561. The average molecular weight is 389 g/mol. The van der Waals surface area contributed by atoms with Crippen molar-refractivity contribution in [2.24, 2.45) is 0 Å². The highest BCUT2D eigenvalue weighted by atomic mass is 16.3. The number of aromatic nitrogens is 1. The molecule has 1 aliphatic heterocycles. The van der Waals surface area contributed by atoms with E-state index in [0.29, 0.717) is 12.4 Å². The number of nitrogens with two attached hydrogens (primary N) is 1. The van der Waals surface area contributed by atoms with Gasteiger partial charge in [0.05, 0.1) is 16.8 Å². The Bertz CT molecular complexity index is 739. The molecule has 0 amide bonds. The molecule has 28 heavy (non-hydrogen) atoms. The Morgan fingerprint density at radius 3 is 2.29 bits per heavy atom. The second-order valence-electron chi connectivity index (χ2n) is 7.39. The van der Waals surface area contributed by atoms with Gasteiger partial charge in [-0.25, -0.2) is 4.98 Å². The number of hydrogen-bond donors (Lipinski definition) is 2. The topological polar surface area (TPSA) is 65.6 Å². The number of nitrogen functional groups attached to an aromatic ring is 1. The van der Waals surface area contributed by atoms with Crippen LogP contribution in [0.25, 0.3) is 10.9 Å². The van der Waals surface area contributed by atoms with Crippen molar-refractivity contribution in [3.05, 3.63) is 24.3 Å². The molecule has 0 saturated heterocycles. The highest BCUT2D eigenvalue weighted by Gasteiger charge is 2.38. The Balaban J connectivity index is 0.000000921. The van der Waals surface area contributed by atoms with Gasteiger partial charge >= 0.3 is 0 Å².